The van der Waals surface area contributed by atoms with Crippen LogP contribution >= 0.6 is 0 Å². The number of carboxylic acid groups (broad SMARTS) is 1. The molecule has 1 aliphatic heterocycles. The Balaban J connectivity index is 0.000000441. The summed E-state index contributed by atoms with van der Waals surface area (Å²) < 4.78 is 38.5. The molecule has 1 rings (SSSR count). The van der Waals surface area contributed by atoms with Gasteiger partial charge in [-0.25, -0.2) is 0 Å². The lowest BCUT2D eigenvalue weighted by atomic mass is 10.3. The first-order valence-corrected chi connectivity index (χ1v) is 6.77. The maximum Gasteiger partial charge on any atom is 0.430 e. The van der Waals surface area contributed by atoms with Gasteiger partial charge in [0.1, 0.15) is 5.97 Å². The minimum absolute atomic E-state index is 0.370. The smallest absolute Gasteiger partial charge is 0.430 e. The van der Waals surface area contributed by atoms with Crippen molar-refractivity contribution >= 4 is 5.97 Å². The summed E-state index contributed by atoms with van der Waals surface area (Å²) >= 11 is 0. The molecule has 1 heterocycles. The highest BCUT2D eigenvalue weighted by Crippen LogP contribution is 2.23. The number of carbonyl (C=O) groups is 1. The van der Waals surface area contributed by atoms with E-state index in [1.807, 2.05) is 0 Å². The monoisotopic (exact) mass is 299 g/mol. The lowest BCUT2D eigenvalue weighted by molar-refractivity contribution is -0.954. The Bertz CT molecular complexity index is 298. The minimum atomic E-state index is -5.19. The number of aliphatic carboxylic acids is 1. The van der Waals surface area contributed by atoms with E-state index in [1.54, 1.807) is 0 Å². The SMILES string of the molecule is CC(C)OC[N+]1(C(C)C)CCCC1.O=C([O-])C(F)(F)F. The van der Waals surface area contributed by atoms with Crippen molar-refractivity contribution in [2.24, 2.45) is 0 Å². The van der Waals surface area contributed by atoms with Gasteiger partial charge < -0.3 is 14.6 Å². The third kappa shape index (κ3) is 6.56. The van der Waals surface area contributed by atoms with E-state index in [4.69, 9.17) is 14.6 Å². The molecular weight excluding hydrogens is 275 g/mol. The van der Waals surface area contributed by atoms with E-state index in [0.717, 1.165) is 6.73 Å². The topological polar surface area (TPSA) is 49.4 Å². The molecule has 0 N–H and O–H groups in total. The number of rotatable bonds is 4. The summed E-state index contributed by atoms with van der Waals surface area (Å²) in [6.45, 7) is 12.4. The number of carbonyl (C=O) groups excluding carboxylic acids is 1. The second-order valence-electron chi connectivity index (χ2n) is 5.60. The average Bonchev–Trinajstić information content (AvgIpc) is 2.75. The minimum Gasteiger partial charge on any atom is -0.542 e. The first-order chi connectivity index (χ1) is 9.01. The van der Waals surface area contributed by atoms with Crippen LogP contribution in [0.3, 0.4) is 0 Å². The lowest BCUT2D eigenvalue weighted by Crippen LogP contribution is -2.52. The Labute approximate surface area is 118 Å². The molecule has 0 bridgehead atoms. The normalized spacial score (nSPS) is 18.1. The van der Waals surface area contributed by atoms with Gasteiger partial charge in [-0.1, -0.05) is 0 Å². The van der Waals surface area contributed by atoms with Crippen molar-refractivity contribution in [3.8, 4) is 0 Å². The zero-order valence-corrected chi connectivity index (χ0v) is 12.5. The van der Waals surface area contributed by atoms with E-state index in [2.05, 4.69) is 27.7 Å². The van der Waals surface area contributed by atoms with Crippen molar-refractivity contribution in [1.82, 2.24) is 0 Å². The lowest BCUT2D eigenvalue weighted by Gasteiger charge is -2.38. The highest BCUT2D eigenvalue weighted by Gasteiger charge is 2.35. The number of nitrogens with zero attached hydrogens (tertiary/aromatic N) is 1. The Morgan fingerprint density at radius 1 is 1.20 bits per heavy atom. The van der Waals surface area contributed by atoms with Crippen molar-refractivity contribution in [3.05, 3.63) is 0 Å². The summed E-state index contributed by atoms with van der Waals surface area (Å²) in [5.74, 6) is -3.01. The van der Waals surface area contributed by atoms with Gasteiger partial charge in [-0.2, -0.15) is 13.2 Å². The summed E-state index contributed by atoms with van der Waals surface area (Å²) in [7, 11) is 0. The van der Waals surface area contributed by atoms with Crippen LogP contribution in [0, 0.1) is 0 Å². The van der Waals surface area contributed by atoms with E-state index in [-0.39, 0.29) is 0 Å². The highest BCUT2D eigenvalue weighted by molar-refractivity contribution is 5.70. The van der Waals surface area contributed by atoms with Crippen LogP contribution in [0.2, 0.25) is 0 Å². The highest BCUT2D eigenvalue weighted by atomic mass is 19.4. The first kappa shape index (κ1) is 19.2. The third-order valence-electron chi connectivity index (χ3n) is 3.45. The van der Waals surface area contributed by atoms with Crippen molar-refractivity contribution in [2.45, 2.75) is 58.9 Å². The van der Waals surface area contributed by atoms with Gasteiger partial charge >= 0.3 is 6.18 Å². The molecular formula is C13H24F3NO3. The number of alkyl halides is 3. The number of hydrogen-bond donors (Lipinski definition) is 0. The van der Waals surface area contributed by atoms with Crippen LogP contribution in [0.25, 0.3) is 0 Å². The fourth-order valence-corrected chi connectivity index (χ4v) is 2.06. The molecule has 0 aromatic carbocycles. The largest absolute Gasteiger partial charge is 0.542 e. The van der Waals surface area contributed by atoms with Crippen LogP contribution in [0.5, 0.6) is 0 Å². The van der Waals surface area contributed by atoms with Crippen molar-refractivity contribution in [1.29, 1.82) is 0 Å². The molecule has 1 fully saturated rings. The molecule has 7 heteroatoms. The number of quaternary nitrogens is 1. The Morgan fingerprint density at radius 2 is 1.60 bits per heavy atom. The summed E-state index contributed by atoms with van der Waals surface area (Å²) in [5.41, 5.74) is 0. The van der Waals surface area contributed by atoms with Gasteiger partial charge in [-0.15, -0.1) is 0 Å². The number of ether oxygens (including phenoxy) is 1. The van der Waals surface area contributed by atoms with E-state index < -0.39 is 12.1 Å². The van der Waals surface area contributed by atoms with Gasteiger partial charge in [-0.3, -0.25) is 4.48 Å². The molecule has 0 spiro atoms. The molecule has 120 valence electrons. The molecule has 0 unspecified atom stereocenters. The molecule has 1 aliphatic rings. The maximum absolute atomic E-state index is 10.5. The van der Waals surface area contributed by atoms with Crippen LogP contribution in [-0.2, 0) is 9.53 Å². The fourth-order valence-electron chi connectivity index (χ4n) is 2.06. The Kier molecular flexibility index (Phi) is 7.51. The second-order valence-corrected chi connectivity index (χ2v) is 5.60. The molecule has 20 heavy (non-hydrogen) atoms. The van der Waals surface area contributed by atoms with Gasteiger partial charge in [-0.05, 0) is 27.7 Å². The fraction of sp³-hybridized carbons (Fsp3) is 0.923. The van der Waals surface area contributed by atoms with Crippen molar-refractivity contribution in [3.63, 3.8) is 0 Å². The summed E-state index contributed by atoms with van der Waals surface area (Å²) in [6.07, 6.45) is -2.08. The molecule has 0 radical (unpaired) electrons. The quantitative estimate of drug-likeness (QED) is 0.742. The van der Waals surface area contributed by atoms with Crippen LogP contribution in [0.4, 0.5) is 13.2 Å². The van der Waals surface area contributed by atoms with Crippen molar-refractivity contribution in [2.75, 3.05) is 19.8 Å². The molecule has 4 nitrogen and oxygen atoms in total. The van der Waals surface area contributed by atoms with Gasteiger partial charge in [0.2, 0.25) is 0 Å². The van der Waals surface area contributed by atoms with Gasteiger partial charge in [0.15, 0.2) is 6.73 Å². The van der Waals surface area contributed by atoms with Gasteiger partial charge in [0.05, 0.1) is 25.2 Å². The molecule has 0 aliphatic carbocycles. The zero-order chi connectivity index (χ0) is 16.0. The third-order valence-corrected chi connectivity index (χ3v) is 3.45. The molecule has 0 atom stereocenters. The van der Waals surface area contributed by atoms with Crippen LogP contribution in [0.1, 0.15) is 40.5 Å². The predicted octanol–water partition coefficient (Wildman–Crippen LogP) is 1.69. The van der Waals surface area contributed by atoms with E-state index >= 15 is 0 Å². The van der Waals surface area contributed by atoms with Crippen LogP contribution < -0.4 is 5.11 Å². The standard InChI is InChI=1S/C11H24NO.C2HF3O2/c1-10(2)12(7-5-6-8-12)9-13-11(3)4;3-2(4,5)1(6)7/h10-11H,5-9H2,1-4H3;(H,6,7)/q+1;/p-1. The number of hydrogen-bond acceptors (Lipinski definition) is 3. The Morgan fingerprint density at radius 3 is 1.85 bits per heavy atom. The van der Waals surface area contributed by atoms with E-state index in [1.165, 1.54) is 30.4 Å². The number of carboxylic acids is 1. The number of halogens is 3. The summed E-state index contributed by atoms with van der Waals surface area (Å²) in [6, 6.07) is 0.709. The van der Waals surface area contributed by atoms with Gasteiger partial charge in [0.25, 0.3) is 0 Å². The molecule has 1 saturated heterocycles. The molecule has 0 aromatic rings. The van der Waals surface area contributed by atoms with E-state index in [0.29, 0.717) is 12.1 Å². The molecule has 0 amide bonds. The second kappa shape index (κ2) is 7.83. The Hall–Kier alpha value is -0.820. The van der Waals surface area contributed by atoms with Crippen molar-refractivity contribution < 1.29 is 32.3 Å². The molecule has 0 aromatic heterocycles. The van der Waals surface area contributed by atoms with Crippen LogP contribution in [0.15, 0.2) is 0 Å². The summed E-state index contributed by atoms with van der Waals surface area (Å²) in [5, 5.41) is 8.78. The van der Waals surface area contributed by atoms with Gasteiger partial charge in [0, 0.05) is 12.8 Å². The number of likely N-dealkylation sites (tertiary alicyclic amines) is 1. The predicted molar refractivity (Wildman–Crippen MR) is 66.5 cm³/mol. The first-order valence-electron chi connectivity index (χ1n) is 6.77. The zero-order valence-electron chi connectivity index (χ0n) is 12.5. The van der Waals surface area contributed by atoms with Crippen LogP contribution in [-0.4, -0.2) is 48.6 Å². The summed E-state index contributed by atoms with van der Waals surface area (Å²) in [4.78, 5) is 8.78. The average molecular weight is 299 g/mol. The molecule has 0 saturated carbocycles. The maximum atomic E-state index is 10.5. The van der Waals surface area contributed by atoms with E-state index in [9.17, 15) is 13.2 Å².